The van der Waals surface area contributed by atoms with Gasteiger partial charge in [0.05, 0.1) is 4.92 Å². The van der Waals surface area contributed by atoms with Gasteiger partial charge in [-0.3, -0.25) is 14.9 Å². The highest BCUT2D eigenvalue weighted by Crippen LogP contribution is 2.31. The van der Waals surface area contributed by atoms with Gasteiger partial charge in [0.15, 0.2) is 12.4 Å². The minimum atomic E-state index is -4.46. The van der Waals surface area contributed by atoms with E-state index in [0.717, 1.165) is 23.8 Å². The van der Waals surface area contributed by atoms with Crippen LogP contribution in [0.4, 0.5) is 23.2 Å². The minimum Gasteiger partial charge on any atom is -0.480 e. The molecule has 0 unspecified atom stereocenters. The van der Waals surface area contributed by atoms with Gasteiger partial charge in [-0.25, -0.2) is 8.78 Å². The molecule has 0 fully saturated rings. The van der Waals surface area contributed by atoms with Gasteiger partial charge in [-0.2, -0.15) is 8.78 Å². The van der Waals surface area contributed by atoms with Crippen molar-refractivity contribution in [2.45, 2.75) is 18.9 Å². The zero-order valence-corrected chi connectivity index (χ0v) is 13.7. The highest BCUT2D eigenvalue weighted by Gasteiger charge is 2.42. The second-order valence-electron chi connectivity index (χ2n) is 5.46. The monoisotopic (exact) mass is 386 g/mol. The van der Waals surface area contributed by atoms with Crippen LogP contribution in [-0.2, 0) is 6.54 Å². The molecule has 0 spiro atoms. The topological polar surface area (TPSA) is 81.5 Å². The molecule has 27 heavy (non-hydrogen) atoms. The first kappa shape index (κ1) is 20.1. The normalized spacial score (nSPS) is 11.3. The highest BCUT2D eigenvalue weighted by molar-refractivity contribution is 5.95. The van der Waals surface area contributed by atoms with Gasteiger partial charge in [-0.1, -0.05) is 30.3 Å². The molecule has 0 aliphatic carbocycles. The summed E-state index contributed by atoms with van der Waals surface area (Å²) in [5.41, 5.74) is -0.0902. The van der Waals surface area contributed by atoms with E-state index in [0.29, 0.717) is 0 Å². The molecule has 2 aromatic rings. The summed E-state index contributed by atoms with van der Waals surface area (Å²) in [5.74, 6) is -5.73. The Bertz CT molecular complexity index is 816. The van der Waals surface area contributed by atoms with E-state index < -0.39 is 41.2 Å². The fourth-order valence-corrected chi connectivity index (χ4v) is 2.04. The first-order valence-corrected chi connectivity index (χ1v) is 7.60. The molecule has 2 rings (SSSR count). The SMILES string of the molecule is O=C(NCc1ccccc1)c1ccc(OCC(F)(F)C(F)F)c([N+](=O)[O-])c1. The van der Waals surface area contributed by atoms with Gasteiger partial charge < -0.3 is 10.1 Å². The summed E-state index contributed by atoms with van der Waals surface area (Å²) in [4.78, 5) is 22.3. The van der Waals surface area contributed by atoms with E-state index in [-0.39, 0.29) is 12.1 Å². The lowest BCUT2D eigenvalue weighted by atomic mass is 10.1. The van der Waals surface area contributed by atoms with Crippen molar-refractivity contribution in [3.05, 3.63) is 69.8 Å². The molecule has 1 N–H and O–H groups in total. The molecular weight excluding hydrogens is 372 g/mol. The van der Waals surface area contributed by atoms with Crippen molar-refractivity contribution >= 4 is 11.6 Å². The van der Waals surface area contributed by atoms with Crippen LogP contribution in [0.5, 0.6) is 5.75 Å². The number of rotatable bonds is 8. The lowest BCUT2D eigenvalue weighted by molar-refractivity contribution is -0.386. The molecule has 2 aromatic carbocycles. The predicted octanol–water partition coefficient (Wildman–Crippen LogP) is 3.80. The number of amides is 1. The number of nitro benzene ring substituents is 1. The fourth-order valence-electron chi connectivity index (χ4n) is 2.04. The lowest BCUT2D eigenvalue weighted by Crippen LogP contribution is -2.33. The van der Waals surface area contributed by atoms with Crippen LogP contribution < -0.4 is 10.1 Å². The maximum atomic E-state index is 12.9. The summed E-state index contributed by atoms with van der Waals surface area (Å²) < 4.78 is 54.6. The van der Waals surface area contributed by atoms with E-state index in [9.17, 15) is 32.5 Å². The second-order valence-corrected chi connectivity index (χ2v) is 5.46. The number of ether oxygens (including phenoxy) is 1. The van der Waals surface area contributed by atoms with Crippen LogP contribution in [0.1, 0.15) is 15.9 Å². The van der Waals surface area contributed by atoms with E-state index in [2.05, 4.69) is 10.1 Å². The number of nitrogens with zero attached hydrogens (tertiary/aromatic N) is 1. The maximum absolute atomic E-state index is 12.9. The van der Waals surface area contributed by atoms with Crippen LogP contribution in [0.2, 0.25) is 0 Å². The average Bonchev–Trinajstić information content (AvgIpc) is 2.65. The average molecular weight is 386 g/mol. The molecule has 0 saturated carbocycles. The van der Waals surface area contributed by atoms with Crippen molar-refractivity contribution in [1.82, 2.24) is 5.32 Å². The Morgan fingerprint density at radius 3 is 2.44 bits per heavy atom. The zero-order valence-electron chi connectivity index (χ0n) is 13.7. The summed E-state index contributed by atoms with van der Waals surface area (Å²) in [6.45, 7) is -1.56. The number of benzene rings is 2. The van der Waals surface area contributed by atoms with Crippen molar-refractivity contribution < 1.29 is 32.0 Å². The molecule has 0 saturated heterocycles. The van der Waals surface area contributed by atoms with E-state index in [1.807, 2.05) is 0 Å². The molecule has 6 nitrogen and oxygen atoms in total. The largest absolute Gasteiger partial charge is 0.480 e. The summed E-state index contributed by atoms with van der Waals surface area (Å²) >= 11 is 0. The summed E-state index contributed by atoms with van der Waals surface area (Å²) in [6.07, 6.45) is -3.97. The van der Waals surface area contributed by atoms with Crippen LogP contribution in [0.25, 0.3) is 0 Å². The molecule has 1 amide bonds. The predicted molar refractivity (Wildman–Crippen MR) is 87.2 cm³/mol. The quantitative estimate of drug-likeness (QED) is 0.425. The van der Waals surface area contributed by atoms with Gasteiger partial charge in [0.2, 0.25) is 0 Å². The molecule has 0 heterocycles. The number of hydrogen-bond acceptors (Lipinski definition) is 4. The van der Waals surface area contributed by atoms with Gasteiger partial charge >= 0.3 is 18.0 Å². The lowest BCUT2D eigenvalue weighted by Gasteiger charge is -2.16. The Balaban J connectivity index is 2.12. The number of carbonyl (C=O) groups is 1. The second kappa shape index (κ2) is 8.47. The van der Waals surface area contributed by atoms with Crippen molar-refractivity contribution in [1.29, 1.82) is 0 Å². The Labute approximate surface area is 150 Å². The smallest absolute Gasteiger partial charge is 0.340 e. The number of carbonyl (C=O) groups excluding carboxylic acids is 1. The van der Waals surface area contributed by atoms with Gasteiger partial charge in [0.1, 0.15) is 0 Å². The van der Waals surface area contributed by atoms with E-state index in [1.54, 1.807) is 30.3 Å². The first-order valence-electron chi connectivity index (χ1n) is 7.60. The molecule has 0 aromatic heterocycles. The standard InChI is InChI=1S/C17H14F4N2O4/c18-16(19)17(20,21)10-27-14-7-6-12(8-13(14)23(25)26)15(24)22-9-11-4-2-1-3-5-11/h1-8,16H,9-10H2,(H,22,24). The van der Waals surface area contributed by atoms with Crippen LogP contribution in [0, 0.1) is 10.1 Å². The van der Waals surface area contributed by atoms with Crippen LogP contribution in [0.15, 0.2) is 48.5 Å². The van der Waals surface area contributed by atoms with Crippen molar-refractivity contribution in [2.75, 3.05) is 6.61 Å². The molecular formula is C17H14F4N2O4. The third-order valence-electron chi connectivity index (χ3n) is 3.45. The highest BCUT2D eigenvalue weighted by atomic mass is 19.3. The number of hydrogen-bond donors (Lipinski definition) is 1. The van der Waals surface area contributed by atoms with E-state index in [1.165, 1.54) is 0 Å². The molecule has 0 aliphatic heterocycles. The van der Waals surface area contributed by atoms with Crippen molar-refractivity contribution in [2.24, 2.45) is 0 Å². The third kappa shape index (κ3) is 5.40. The zero-order chi connectivity index (χ0) is 20.0. The molecule has 0 radical (unpaired) electrons. The van der Waals surface area contributed by atoms with Gasteiger partial charge in [0, 0.05) is 18.2 Å². The number of nitrogens with one attached hydrogen (secondary N) is 1. The van der Waals surface area contributed by atoms with Gasteiger partial charge in [0.25, 0.3) is 5.91 Å². The van der Waals surface area contributed by atoms with Crippen LogP contribution in [0.3, 0.4) is 0 Å². The number of nitro groups is 1. The van der Waals surface area contributed by atoms with Gasteiger partial charge in [-0.15, -0.1) is 0 Å². The Morgan fingerprint density at radius 2 is 1.85 bits per heavy atom. The first-order chi connectivity index (χ1) is 12.7. The van der Waals surface area contributed by atoms with E-state index >= 15 is 0 Å². The van der Waals surface area contributed by atoms with Gasteiger partial charge in [-0.05, 0) is 17.7 Å². The van der Waals surface area contributed by atoms with Crippen LogP contribution in [-0.4, -0.2) is 29.8 Å². The van der Waals surface area contributed by atoms with Crippen LogP contribution >= 0.6 is 0 Å². The minimum absolute atomic E-state index is 0.106. The van der Waals surface area contributed by atoms with E-state index in [4.69, 9.17) is 0 Å². The molecule has 0 bridgehead atoms. The molecule has 144 valence electrons. The Kier molecular flexibility index (Phi) is 6.32. The molecule has 10 heteroatoms. The summed E-state index contributed by atoms with van der Waals surface area (Å²) in [5, 5.41) is 13.6. The van der Waals surface area contributed by atoms with Crippen molar-refractivity contribution in [3.63, 3.8) is 0 Å². The number of halogens is 4. The summed E-state index contributed by atoms with van der Waals surface area (Å²) in [6, 6.07) is 11.7. The molecule has 0 aliphatic rings. The molecule has 0 atom stereocenters. The Hall–Kier alpha value is -3.17. The maximum Gasteiger partial charge on any atom is 0.340 e. The Morgan fingerprint density at radius 1 is 1.19 bits per heavy atom. The third-order valence-corrected chi connectivity index (χ3v) is 3.45. The summed E-state index contributed by atoms with van der Waals surface area (Å²) in [7, 11) is 0. The van der Waals surface area contributed by atoms with Crippen molar-refractivity contribution in [3.8, 4) is 5.75 Å². The fraction of sp³-hybridized carbons (Fsp3) is 0.235. The number of alkyl halides is 4.